The Morgan fingerprint density at radius 2 is 1.87 bits per heavy atom. The molecule has 0 aliphatic carbocycles. The smallest absolute Gasteiger partial charge is 0.309 e. The van der Waals surface area contributed by atoms with Gasteiger partial charge in [0.2, 0.25) is 11.0 Å². The summed E-state index contributed by atoms with van der Waals surface area (Å²) < 4.78 is 5.85. The van der Waals surface area contributed by atoms with Crippen molar-refractivity contribution in [2.45, 2.75) is 56.0 Å². The molecule has 3 rings (SSSR count). The molecule has 1 fully saturated rings. The summed E-state index contributed by atoms with van der Waals surface area (Å²) in [7, 11) is 0. The highest BCUT2D eigenvalue weighted by Gasteiger charge is 2.30. The van der Waals surface area contributed by atoms with Gasteiger partial charge in [-0.05, 0) is 50.3 Å². The molecule has 0 unspecified atom stereocenters. The van der Waals surface area contributed by atoms with E-state index in [-0.39, 0.29) is 23.0 Å². The highest BCUT2D eigenvalue weighted by Crippen LogP contribution is 2.32. The molecule has 1 atom stereocenters. The summed E-state index contributed by atoms with van der Waals surface area (Å²) in [6.45, 7) is 9.61. The predicted molar refractivity (Wildman–Crippen MR) is 125 cm³/mol. The third-order valence-corrected chi connectivity index (χ3v) is 7.30. The van der Waals surface area contributed by atoms with Crippen molar-refractivity contribution in [3.63, 3.8) is 0 Å². The first-order valence-corrected chi connectivity index (χ1v) is 12.4. The highest BCUT2D eigenvalue weighted by molar-refractivity contribution is 8.02. The molecule has 2 heterocycles. The van der Waals surface area contributed by atoms with Crippen molar-refractivity contribution < 1.29 is 14.3 Å². The number of benzene rings is 1. The van der Waals surface area contributed by atoms with E-state index in [0.717, 1.165) is 10.0 Å². The Kier molecular flexibility index (Phi) is 8.31. The first-order chi connectivity index (χ1) is 14.9. The van der Waals surface area contributed by atoms with Gasteiger partial charge in [0, 0.05) is 18.8 Å². The predicted octanol–water partition coefficient (Wildman–Crippen LogP) is 4.69. The van der Waals surface area contributed by atoms with Crippen LogP contribution in [0.3, 0.4) is 0 Å². The van der Waals surface area contributed by atoms with E-state index in [1.807, 2.05) is 30.9 Å². The van der Waals surface area contributed by atoms with Crippen LogP contribution in [0.2, 0.25) is 0 Å². The van der Waals surface area contributed by atoms with E-state index in [9.17, 15) is 9.59 Å². The van der Waals surface area contributed by atoms with Gasteiger partial charge in [-0.2, -0.15) is 0 Å². The quantitative estimate of drug-likeness (QED) is 0.450. The van der Waals surface area contributed by atoms with Gasteiger partial charge in [-0.3, -0.25) is 9.59 Å². The number of thioether (sulfide) groups is 1. The van der Waals surface area contributed by atoms with Gasteiger partial charge in [0.15, 0.2) is 4.34 Å². The van der Waals surface area contributed by atoms with E-state index in [1.165, 1.54) is 28.7 Å². The van der Waals surface area contributed by atoms with Crippen LogP contribution in [0.1, 0.15) is 52.0 Å². The number of hydrogen-bond acceptors (Lipinski definition) is 8. The molecule has 9 heteroatoms. The molecule has 2 aromatic rings. The number of anilines is 2. The number of ether oxygens (including phenoxy) is 1. The lowest BCUT2D eigenvalue weighted by atomic mass is 9.97. The number of carbonyl (C=O) groups is 2. The monoisotopic (exact) mass is 462 g/mol. The number of aromatic nitrogens is 2. The lowest BCUT2D eigenvalue weighted by molar-refractivity contribution is -0.151. The van der Waals surface area contributed by atoms with Gasteiger partial charge >= 0.3 is 5.97 Å². The Labute approximate surface area is 192 Å². The topological polar surface area (TPSA) is 84.4 Å². The molecule has 0 radical (unpaired) electrons. The Bertz CT molecular complexity index is 877. The molecular weight excluding hydrogens is 432 g/mol. The Balaban J connectivity index is 1.49. The van der Waals surface area contributed by atoms with Crippen molar-refractivity contribution in [1.29, 1.82) is 0 Å². The van der Waals surface area contributed by atoms with Crippen molar-refractivity contribution in [2.75, 3.05) is 25.0 Å². The fourth-order valence-corrected chi connectivity index (χ4v) is 5.44. The molecule has 1 saturated heterocycles. The average Bonchev–Trinajstić information content (AvgIpc) is 3.20. The van der Waals surface area contributed by atoms with Gasteiger partial charge in [-0.1, -0.05) is 49.1 Å². The SMILES string of the molecule is CCOC(=O)C1CCN(C(=O)[C@@H](C)Sc2nnc(Nc3ccc(C(C)C)cc3)s2)CC1. The summed E-state index contributed by atoms with van der Waals surface area (Å²) in [5, 5.41) is 12.1. The number of esters is 1. The van der Waals surface area contributed by atoms with Crippen molar-refractivity contribution in [1.82, 2.24) is 15.1 Å². The third kappa shape index (κ3) is 6.43. The fourth-order valence-electron chi connectivity index (χ4n) is 3.44. The van der Waals surface area contributed by atoms with Crippen LogP contribution in [0.25, 0.3) is 0 Å². The Morgan fingerprint density at radius 1 is 1.19 bits per heavy atom. The van der Waals surface area contributed by atoms with E-state index in [2.05, 4.69) is 41.5 Å². The van der Waals surface area contributed by atoms with E-state index < -0.39 is 0 Å². The van der Waals surface area contributed by atoms with Crippen LogP contribution in [0, 0.1) is 5.92 Å². The fraction of sp³-hybridized carbons (Fsp3) is 0.545. The summed E-state index contributed by atoms with van der Waals surface area (Å²) in [5.74, 6) is 0.318. The first kappa shape index (κ1) is 23.5. The molecule has 1 aliphatic rings. The first-order valence-electron chi connectivity index (χ1n) is 10.7. The van der Waals surface area contributed by atoms with E-state index in [1.54, 1.807) is 0 Å². The second kappa shape index (κ2) is 10.9. The number of rotatable bonds is 8. The lowest BCUT2D eigenvalue weighted by Crippen LogP contribution is -2.43. The molecule has 1 aromatic heterocycles. The highest BCUT2D eigenvalue weighted by atomic mass is 32.2. The molecule has 1 N–H and O–H groups in total. The number of piperidine rings is 1. The van der Waals surface area contributed by atoms with E-state index >= 15 is 0 Å². The van der Waals surface area contributed by atoms with Crippen LogP contribution in [0.15, 0.2) is 28.6 Å². The standard InChI is InChI=1S/C22H30N4O3S2/c1-5-29-20(28)17-10-12-26(13-11-17)19(27)15(4)30-22-25-24-21(31-22)23-18-8-6-16(7-9-18)14(2)3/h6-9,14-15,17H,5,10-13H2,1-4H3,(H,23,24)/t15-/m1/s1. The summed E-state index contributed by atoms with van der Waals surface area (Å²) in [6, 6.07) is 8.29. The van der Waals surface area contributed by atoms with Crippen LogP contribution < -0.4 is 5.32 Å². The second-order valence-electron chi connectivity index (χ2n) is 7.89. The van der Waals surface area contributed by atoms with Gasteiger partial charge in [0.1, 0.15) is 0 Å². The molecular formula is C22H30N4O3S2. The minimum atomic E-state index is -0.259. The lowest BCUT2D eigenvalue weighted by Gasteiger charge is -2.32. The molecule has 0 bridgehead atoms. The Hall–Kier alpha value is -2.13. The average molecular weight is 463 g/mol. The number of amides is 1. The van der Waals surface area contributed by atoms with Gasteiger partial charge in [0.05, 0.1) is 17.8 Å². The number of hydrogen-bond donors (Lipinski definition) is 1. The minimum Gasteiger partial charge on any atom is -0.466 e. The normalized spacial score (nSPS) is 15.7. The largest absolute Gasteiger partial charge is 0.466 e. The summed E-state index contributed by atoms with van der Waals surface area (Å²) >= 11 is 2.86. The number of carbonyl (C=O) groups excluding carboxylic acids is 2. The molecule has 1 aliphatic heterocycles. The van der Waals surface area contributed by atoms with E-state index in [4.69, 9.17) is 4.74 Å². The van der Waals surface area contributed by atoms with Gasteiger partial charge < -0.3 is 15.0 Å². The number of nitrogens with one attached hydrogen (secondary N) is 1. The summed E-state index contributed by atoms with van der Waals surface area (Å²) in [6.07, 6.45) is 1.31. The molecule has 1 aromatic carbocycles. The molecule has 0 spiro atoms. The summed E-state index contributed by atoms with van der Waals surface area (Å²) in [4.78, 5) is 26.5. The van der Waals surface area contributed by atoms with Gasteiger partial charge in [-0.25, -0.2) is 0 Å². The molecule has 7 nitrogen and oxygen atoms in total. The minimum absolute atomic E-state index is 0.0706. The van der Waals surface area contributed by atoms with Crippen LogP contribution in [0.5, 0.6) is 0 Å². The van der Waals surface area contributed by atoms with Crippen LogP contribution in [-0.2, 0) is 14.3 Å². The zero-order chi connectivity index (χ0) is 22.4. The van der Waals surface area contributed by atoms with Crippen molar-refractivity contribution in [2.24, 2.45) is 5.92 Å². The Morgan fingerprint density at radius 3 is 2.48 bits per heavy atom. The van der Waals surface area contributed by atoms with E-state index in [0.29, 0.717) is 43.6 Å². The maximum atomic E-state index is 12.8. The van der Waals surface area contributed by atoms with Crippen LogP contribution in [-0.4, -0.2) is 51.9 Å². The van der Waals surface area contributed by atoms with Crippen LogP contribution >= 0.6 is 23.1 Å². The molecule has 0 saturated carbocycles. The second-order valence-corrected chi connectivity index (χ2v) is 10.5. The van der Waals surface area contributed by atoms with Crippen LogP contribution in [0.4, 0.5) is 10.8 Å². The number of nitrogens with zero attached hydrogens (tertiary/aromatic N) is 3. The molecule has 31 heavy (non-hydrogen) atoms. The maximum Gasteiger partial charge on any atom is 0.309 e. The van der Waals surface area contributed by atoms with Gasteiger partial charge in [-0.15, -0.1) is 10.2 Å². The third-order valence-electron chi connectivity index (χ3n) is 5.29. The zero-order valence-corrected chi connectivity index (χ0v) is 20.1. The molecule has 1 amide bonds. The van der Waals surface area contributed by atoms with Crippen molar-refractivity contribution in [3.05, 3.63) is 29.8 Å². The van der Waals surface area contributed by atoms with Crippen molar-refractivity contribution >= 4 is 45.8 Å². The number of likely N-dealkylation sites (tertiary alicyclic amines) is 1. The maximum absolute atomic E-state index is 12.8. The van der Waals surface area contributed by atoms with Crippen molar-refractivity contribution in [3.8, 4) is 0 Å². The zero-order valence-electron chi connectivity index (χ0n) is 18.5. The molecule has 168 valence electrons. The van der Waals surface area contributed by atoms with Gasteiger partial charge in [0.25, 0.3) is 0 Å². The summed E-state index contributed by atoms with van der Waals surface area (Å²) in [5.41, 5.74) is 2.25.